The van der Waals surface area contributed by atoms with Gasteiger partial charge in [0.2, 0.25) is 0 Å². The molecule has 1 N–H and O–H groups in total. The van der Waals surface area contributed by atoms with Crippen LogP contribution in [0.5, 0.6) is 0 Å². The van der Waals surface area contributed by atoms with E-state index in [1.165, 1.54) is 5.56 Å². The van der Waals surface area contributed by atoms with Crippen LogP contribution in [0.1, 0.15) is 36.0 Å². The molecule has 3 nitrogen and oxygen atoms in total. The maximum atomic E-state index is 5.34. The van der Waals surface area contributed by atoms with Crippen LogP contribution in [-0.2, 0) is 4.74 Å². The highest BCUT2D eigenvalue weighted by Crippen LogP contribution is 2.23. The monoisotopic (exact) mass is 276 g/mol. The fourth-order valence-electron chi connectivity index (χ4n) is 2.11. The van der Waals surface area contributed by atoms with Gasteiger partial charge in [-0.2, -0.15) is 0 Å². The molecule has 19 heavy (non-hydrogen) atoms. The Bertz CT molecular complexity index is 458. The van der Waals surface area contributed by atoms with Crippen molar-refractivity contribution in [2.24, 2.45) is 0 Å². The lowest BCUT2D eigenvalue weighted by molar-refractivity contribution is 0.160. The average molecular weight is 276 g/mol. The van der Waals surface area contributed by atoms with E-state index in [-0.39, 0.29) is 12.1 Å². The number of rotatable bonds is 7. The molecular formula is C15H20N2OS. The molecular weight excluding hydrogens is 256 g/mol. The number of nitrogens with zero attached hydrogens (tertiary/aromatic N) is 1. The SMILES string of the molecule is CCC(NC(COC)c1ccccc1)c1nccs1. The van der Waals surface area contributed by atoms with E-state index in [0.717, 1.165) is 11.4 Å². The third-order valence-electron chi connectivity index (χ3n) is 3.10. The highest BCUT2D eigenvalue weighted by Gasteiger charge is 2.18. The molecule has 0 amide bonds. The molecule has 0 aliphatic carbocycles. The Morgan fingerprint density at radius 2 is 2.05 bits per heavy atom. The summed E-state index contributed by atoms with van der Waals surface area (Å²) in [4.78, 5) is 4.41. The number of benzene rings is 1. The summed E-state index contributed by atoms with van der Waals surface area (Å²) in [6, 6.07) is 10.9. The maximum Gasteiger partial charge on any atom is 0.109 e. The van der Waals surface area contributed by atoms with Crippen LogP contribution in [0.2, 0.25) is 0 Å². The summed E-state index contributed by atoms with van der Waals surface area (Å²) in [6.45, 7) is 2.83. The van der Waals surface area contributed by atoms with Gasteiger partial charge in [-0.3, -0.25) is 5.32 Å². The van der Waals surface area contributed by atoms with Crippen LogP contribution >= 0.6 is 11.3 Å². The molecule has 0 fully saturated rings. The summed E-state index contributed by atoms with van der Waals surface area (Å²) in [7, 11) is 1.74. The Kier molecular flexibility index (Phi) is 5.51. The van der Waals surface area contributed by atoms with Crippen molar-refractivity contribution in [2.75, 3.05) is 13.7 Å². The first-order valence-electron chi connectivity index (χ1n) is 6.54. The van der Waals surface area contributed by atoms with Gasteiger partial charge in [-0.1, -0.05) is 37.3 Å². The normalized spacial score (nSPS) is 14.2. The molecule has 1 heterocycles. The highest BCUT2D eigenvalue weighted by atomic mass is 32.1. The van der Waals surface area contributed by atoms with Gasteiger partial charge >= 0.3 is 0 Å². The number of aromatic nitrogens is 1. The quantitative estimate of drug-likeness (QED) is 0.839. The molecule has 0 saturated carbocycles. The van der Waals surface area contributed by atoms with Crippen LogP contribution in [0.4, 0.5) is 0 Å². The Morgan fingerprint density at radius 1 is 1.26 bits per heavy atom. The second-order valence-corrected chi connectivity index (χ2v) is 5.34. The fraction of sp³-hybridized carbons (Fsp3) is 0.400. The van der Waals surface area contributed by atoms with Crippen molar-refractivity contribution < 1.29 is 4.74 Å². The number of methoxy groups -OCH3 is 1. The Hall–Kier alpha value is -1.23. The Balaban J connectivity index is 2.12. The first-order chi connectivity index (χ1) is 9.35. The fourth-order valence-corrected chi connectivity index (χ4v) is 2.89. The zero-order valence-corrected chi connectivity index (χ0v) is 12.2. The molecule has 102 valence electrons. The molecule has 0 bridgehead atoms. The predicted molar refractivity (Wildman–Crippen MR) is 79.3 cm³/mol. The zero-order chi connectivity index (χ0) is 13.5. The molecule has 2 rings (SSSR count). The van der Waals surface area contributed by atoms with E-state index in [1.54, 1.807) is 18.4 Å². The van der Waals surface area contributed by atoms with Crippen molar-refractivity contribution in [3.63, 3.8) is 0 Å². The van der Waals surface area contributed by atoms with Gasteiger partial charge in [0, 0.05) is 18.7 Å². The van der Waals surface area contributed by atoms with E-state index in [4.69, 9.17) is 4.74 Å². The molecule has 0 saturated heterocycles. The van der Waals surface area contributed by atoms with Gasteiger partial charge in [-0.05, 0) is 12.0 Å². The predicted octanol–water partition coefficient (Wildman–Crippen LogP) is 3.57. The van der Waals surface area contributed by atoms with Gasteiger partial charge in [0.05, 0.1) is 18.7 Å². The minimum atomic E-state index is 0.194. The highest BCUT2D eigenvalue weighted by molar-refractivity contribution is 7.09. The minimum absolute atomic E-state index is 0.194. The lowest BCUT2D eigenvalue weighted by Crippen LogP contribution is -2.29. The summed E-state index contributed by atoms with van der Waals surface area (Å²) in [5.74, 6) is 0. The second kappa shape index (κ2) is 7.38. The van der Waals surface area contributed by atoms with Gasteiger partial charge in [0.1, 0.15) is 5.01 Å². The van der Waals surface area contributed by atoms with Crippen LogP contribution in [-0.4, -0.2) is 18.7 Å². The number of nitrogens with one attached hydrogen (secondary N) is 1. The Morgan fingerprint density at radius 3 is 2.63 bits per heavy atom. The van der Waals surface area contributed by atoms with Crippen molar-refractivity contribution in [1.82, 2.24) is 10.3 Å². The van der Waals surface area contributed by atoms with Crippen LogP contribution in [0, 0.1) is 0 Å². The van der Waals surface area contributed by atoms with E-state index >= 15 is 0 Å². The summed E-state index contributed by atoms with van der Waals surface area (Å²) in [5.41, 5.74) is 1.25. The maximum absolute atomic E-state index is 5.34. The number of thiazole rings is 1. The first kappa shape index (κ1) is 14.2. The molecule has 2 aromatic rings. The largest absolute Gasteiger partial charge is 0.383 e. The molecule has 1 aromatic heterocycles. The van der Waals surface area contributed by atoms with E-state index in [9.17, 15) is 0 Å². The average Bonchev–Trinajstić information content (AvgIpc) is 2.98. The number of hydrogen-bond acceptors (Lipinski definition) is 4. The first-order valence-corrected chi connectivity index (χ1v) is 7.42. The topological polar surface area (TPSA) is 34.1 Å². The summed E-state index contributed by atoms with van der Waals surface area (Å²) < 4.78 is 5.34. The van der Waals surface area contributed by atoms with Crippen LogP contribution in [0.3, 0.4) is 0 Å². The molecule has 4 heteroatoms. The molecule has 0 aliphatic rings. The van der Waals surface area contributed by atoms with Crippen LogP contribution in [0.25, 0.3) is 0 Å². The smallest absolute Gasteiger partial charge is 0.109 e. The molecule has 0 spiro atoms. The third-order valence-corrected chi connectivity index (χ3v) is 3.98. The lowest BCUT2D eigenvalue weighted by Gasteiger charge is -2.23. The molecule has 1 aromatic carbocycles. The van der Waals surface area contributed by atoms with Crippen molar-refractivity contribution in [1.29, 1.82) is 0 Å². The number of hydrogen-bond donors (Lipinski definition) is 1. The van der Waals surface area contributed by atoms with Gasteiger partial charge in [0.15, 0.2) is 0 Å². The zero-order valence-electron chi connectivity index (χ0n) is 11.4. The standard InChI is InChI=1S/C15H20N2OS/c1-3-13(15-16-9-10-19-15)17-14(11-18-2)12-7-5-4-6-8-12/h4-10,13-14,17H,3,11H2,1-2H3. The third kappa shape index (κ3) is 3.86. The van der Waals surface area contributed by atoms with Crippen molar-refractivity contribution in [3.8, 4) is 0 Å². The van der Waals surface area contributed by atoms with Gasteiger partial charge in [-0.15, -0.1) is 11.3 Å². The second-order valence-electron chi connectivity index (χ2n) is 4.42. The summed E-state index contributed by atoms with van der Waals surface area (Å²) in [5, 5.41) is 6.81. The van der Waals surface area contributed by atoms with Crippen molar-refractivity contribution in [3.05, 3.63) is 52.5 Å². The molecule has 2 unspecified atom stereocenters. The number of ether oxygens (including phenoxy) is 1. The van der Waals surface area contributed by atoms with Gasteiger partial charge in [-0.25, -0.2) is 4.98 Å². The lowest BCUT2D eigenvalue weighted by atomic mass is 10.1. The van der Waals surface area contributed by atoms with E-state index in [1.807, 2.05) is 17.6 Å². The summed E-state index contributed by atoms with van der Waals surface area (Å²) in [6.07, 6.45) is 2.87. The van der Waals surface area contributed by atoms with Crippen LogP contribution in [0.15, 0.2) is 41.9 Å². The molecule has 0 radical (unpaired) electrons. The molecule has 2 atom stereocenters. The van der Waals surface area contributed by atoms with E-state index in [0.29, 0.717) is 6.61 Å². The van der Waals surface area contributed by atoms with E-state index < -0.39 is 0 Å². The van der Waals surface area contributed by atoms with Crippen molar-refractivity contribution >= 4 is 11.3 Å². The summed E-state index contributed by atoms with van der Waals surface area (Å²) >= 11 is 1.70. The van der Waals surface area contributed by atoms with Crippen LogP contribution < -0.4 is 5.32 Å². The van der Waals surface area contributed by atoms with E-state index in [2.05, 4.69) is 41.5 Å². The minimum Gasteiger partial charge on any atom is -0.383 e. The Labute approximate surface area is 118 Å². The van der Waals surface area contributed by atoms with Crippen molar-refractivity contribution in [2.45, 2.75) is 25.4 Å². The molecule has 0 aliphatic heterocycles. The van der Waals surface area contributed by atoms with Gasteiger partial charge in [0.25, 0.3) is 0 Å². The van der Waals surface area contributed by atoms with Gasteiger partial charge < -0.3 is 4.74 Å².